The molecule has 1 aliphatic heterocycles. The predicted molar refractivity (Wildman–Crippen MR) is 62.0 cm³/mol. The molecule has 1 atom stereocenters. The Morgan fingerprint density at radius 1 is 1.57 bits per heavy atom. The van der Waals surface area contributed by atoms with Gasteiger partial charge in [0.05, 0.1) is 0 Å². The second-order valence-corrected chi connectivity index (χ2v) is 5.51. The van der Waals surface area contributed by atoms with Gasteiger partial charge in [-0.1, -0.05) is 0 Å². The molecule has 1 unspecified atom stereocenters. The van der Waals surface area contributed by atoms with Crippen molar-refractivity contribution in [3.63, 3.8) is 0 Å². The van der Waals surface area contributed by atoms with Crippen LogP contribution in [0, 0.1) is 6.92 Å². The Kier molecular flexibility index (Phi) is 3.21. The smallest absolute Gasteiger partial charge is 0.0319 e. The van der Waals surface area contributed by atoms with Crippen molar-refractivity contribution in [3.05, 3.63) is 21.9 Å². The minimum Gasteiger partial charge on any atom is -0.314 e. The van der Waals surface area contributed by atoms with Crippen LogP contribution in [-0.4, -0.2) is 25.2 Å². The van der Waals surface area contributed by atoms with E-state index in [9.17, 15) is 0 Å². The summed E-state index contributed by atoms with van der Waals surface area (Å²) in [6.45, 7) is 6.71. The molecule has 1 aromatic heterocycles. The van der Waals surface area contributed by atoms with Crippen LogP contribution in [0.15, 0.2) is 12.1 Å². The molecule has 0 spiro atoms. The molecule has 0 saturated carbocycles. The number of hydrogen-bond acceptors (Lipinski definition) is 3. The fraction of sp³-hybridized carbons (Fsp3) is 0.636. The minimum atomic E-state index is 0.597. The van der Waals surface area contributed by atoms with Crippen molar-refractivity contribution in [1.29, 1.82) is 0 Å². The minimum absolute atomic E-state index is 0.597. The summed E-state index contributed by atoms with van der Waals surface area (Å²) in [7, 11) is 0. The maximum atomic E-state index is 3.62. The third-order valence-electron chi connectivity index (χ3n) is 2.61. The van der Waals surface area contributed by atoms with Crippen molar-refractivity contribution in [2.45, 2.75) is 32.4 Å². The Hall–Kier alpha value is -0.380. The molecular formula is C11H18N2S. The van der Waals surface area contributed by atoms with E-state index in [0.29, 0.717) is 12.1 Å². The molecule has 78 valence electrons. The van der Waals surface area contributed by atoms with Crippen LogP contribution in [0.1, 0.15) is 16.7 Å². The van der Waals surface area contributed by atoms with Gasteiger partial charge >= 0.3 is 0 Å². The molecule has 1 fully saturated rings. The van der Waals surface area contributed by atoms with Crippen molar-refractivity contribution in [3.8, 4) is 0 Å². The lowest BCUT2D eigenvalue weighted by Gasteiger charge is -2.31. The summed E-state index contributed by atoms with van der Waals surface area (Å²) in [5, 5.41) is 6.89. The van der Waals surface area contributed by atoms with Gasteiger partial charge in [0.25, 0.3) is 0 Å². The van der Waals surface area contributed by atoms with E-state index in [-0.39, 0.29) is 0 Å². The number of hydrogen-bond donors (Lipinski definition) is 2. The number of aryl methyl sites for hydroxylation is 1. The maximum absolute atomic E-state index is 3.62. The lowest BCUT2D eigenvalue weighted by molar-refractivity contribution is 0.335. The van der Waals surface area contributed by atoms with Gasteiger partial charge in [-0.15, -0.1) is 11.3 Å². The molecule has 1 saturated heterocycles. The van der Waals surface area contributed by atoms with Crippen LogP contribution >= 0.6 is 11.3 Å². The quantitative estimate of drug-likeness (QED) is 0.788. The highest BCUT2D eigenvalue weighted by Gasteiger charge is 2.18. The third kappa shape index (κ3) is 2.56. The maximum Gasteiger partial charge on any atom is 0.0319 e. The van der Waals surface area contributed by atoms with Crippen LogP contribution in [0.25, 0.3) is 0 Å². The molecule has 3 heteroatoms. The Bertz CT molecular complexity index is 291. The molecule has 0 radical (unpaired) electrons. The molecule has 0 bridgehead atoms. The monoisotopic (exact) mass is 210 g/mol. The highest BCUT2D eigenvalue weighted by molar-refractivity contribution is 7.11. The van der Waals surface area contributed by atoms with Crippen LogP contribution in [0.4, 0.5) is 0 Å². The molecule has 1 aliphatic rings. The van der Waals surface area contributed by atoms with E-state index >= 15 is 0 Å². The van der Waals surface area contributed by atoms with E-state index in [1.54, 1.807) is 0 Å². The lowest BCUT2D eigenvalue weighted by Crippen LogP contribution is -2.57. The van der Waals surface area contributed by atoms with Gasteiger partial charge in [-0.25, -0.2) is 0 Å². The van der Waals surface area contributed by atoms with Gasteiger partial charge < -0.3 is 10.6 Å². The Morgan fingerprint density at radius 2 is 2.36 bits per heavy atom. The molecule has 0 aromatic carbocycles. The number of thiophene rings is 1. The fourth-order valence-electron chi connectivity index (χ4n) is 1.76. The van der Waals surface area contributed by atoms with E-state index in [1.165, 1.54) is 9.75 Å². The van der Waals surface area contributed by atoms with Crippen molar-refractivity contribution >= 4 is 11.3 Å². The van der Waals surface area contributed by atoms with E-state index in [0.717, 1.165) is 19.5 Å². The first-order chi connectivity index (χ1) is 6.74. The molecule has 2 rings (SSSR count). The lowest BCUT2D eigenvalue weighted by atomic mass is 10.1. The second-order valence-electron chi connectivity index (χ2n) is 4.14. The van der Waals surface area contributed by atoms with Gasteiger partial charge in [-0.05, 0) is 32.4 Å². The Balaban J connectivity index is 1.78. The van der Waals surface area contributed by atoms with Gasteiger partial charge in [0.2, 0.25) is 0 Å². The summed E-state index contributed by atoms with van der Waals surface area (Å²) < 4.78 is 0. The van der Waals surface area contributed by atoms with Crippen molar-refractivity contribution in [1.82, 2.24) is 10.6 Å². The molecule has 2 nitrogen and oxygen atoms in total. The topological polar surface area (TPSA) is 24.1 Å². The van der Waals surface area contributed by atoms with Gasteiger partial charge in [0.1, 0.15) is 0 Å². The van der Waals surface area contributed by atoms with Gasteiger partial charge in [-0.3, -0.25) is 0 Å². The van der Waals surface area contributed by atoms with Gasteiger partial charge in [0.15, 0.2) is 0 Å². The summed E-state index contributed by atoms with van der Waals surface area (Å²) in [5.41, 5.74) is 0. The van der Waals surface area contributed by atoms with Crippen LogP contribution in [-0.2, 0) is 6.42 Å². The zero-order chi connectivity index (χ0) is 9.97. The van der Waals surface area contributed by atoms with Gasteiger partial charge in [0, 0.05) is 34.9 Å². The molecule has 2 N–H and O–H groups in total. The zero-order valence-corrected chi connectivity index (χ0v) is 9.66. The zero-order valence-electron chi connectivity index (χ0n) is 8.84. The first kappa shape index (κ1) is 10.1. The largest absolute Gasteiger partial charge is 0.314 e. The first-order valence-electron chi connectivity index (χ1n) is 5.26. The first-order valence-corrected chi connectivity index (χ1v) is 6.08. The summed E-state index contributed by atoms with van der Waals surface area (Å²) in [4.78, 5) is 2.91. The van der Waals surface area contributed by atoms with Crippen LogP contribution < -0.4 is 10.6 Å². The van der Waals surface area contributed by atoms with E-state index in [2.05, 4.69) is 36.6 Å². The Morgan fingerprint density at radius 3 is 2.86 bits per heavy atom. The summed E-state index contributed by atoms with van der Waals surface area (Å²) in [5.74, 6) is 0. The third-order valence-corrected chi connectivity index (χ3v) is 3.63. The fourth-order valence-corrected chi connectivity index (χ4v) is 2.78. The Labute approximate surface area is 89.7 Å². The van der Waals surface area contributed by atoms with Crippen LogP contribution in [0.3, 0.4) is 0 Å². The summed E-state index contributed by atoms with van der Waals surface area (Å²) in [6.07, 6.45) is 1.16. The SMILES string of the molecule is Cc1ccc(CC(C)NC2CNC2)s1. The van der Waals surface area contributed by atoms with Crippen molar-refractivity contribution < 1.29 is 0 Å². The van der Waals surface area contributed by atoms with Crippen LogP contribution in [0.2, 0.25) is 0 Å². The summed E-state index contributed by atoms with van der Waals surface area (Å²) >= 11 is 1.91. The predicted octanol–water partition coefficient (Wildman–Crippen LogP) is 1.55. The number of rotatable bonds is 4. The molecule has 2 heterocycles. The van der Waals surface area contributed by atoms with E-state index in [1.807, 2.05) is 11.3 Å². The second kappa shape index (κ2) is 4.43. The molecule has 1 aromatic rings. The number of nitrogens with one attached hydrogen (secondary N) is 2. The molecule has 14 heavy (non-hydrogen) atoms. The molecule has 0 aliphatic carbocycles. The standard InChI is InChI=1S/C11H18N2S/c1-8(13-10-6-12-7-10)5-11-4-3-9(2)14-11/h3-4,8,10,12-13H,5-7H2,1-2H3. The van der Waals surface area contributed by atoms with Crippen molar-refractivity contribution in [2.75, 3.05) is 13.1 Å². The van der Waals surface area contributed by atoms with Crippen LogP contribution in [0.5, 0.6) is 0 Å². The molecular weight excluding hydrogens is 192 g/mol. The van der Waals surface area contributed by atoms with E-state index in [4.69, 9.17) is 0 Å². The highest BCUT2D eigenvalue weighted by Crippen LogP contribution is 2.16. The van der Waals surface area contributed by atoms with Crippen molar-refractivity contribution in [2.24, 2.45) is 0 Å². The normalized spacial score (nSPS) is 19.3. The highest BCUT2D eigenvalue weighted by atomic mass is 32.1. The average molecular weight is 210 g/mol. The van der Waals surface area contributed by atoms with E-state index < -0.39 is 0 Å². The summed E-state index contributed by atoms with van der Waals surface area (Å²) in [6, 6.07) is 5.75. The van der Waals surface area contributed by atoms with Gasteiger partial charge in [-0.2, -0.15) is 0 Å². The average Bonchev–Trinajstić information content (AvgIpc) is 2.44. The molecule has 0 amide bonds.